The summed E-state index contributed by atoms with van der Waals surface area (Å²) in [6, 6.07) is 2.72. The monoisotopic (exact) mass is 323 g/mol. The number of benzene rings is 1. The van der Waals surface area contributed by atoms with Crippen LogP contribution in [0.2, 0.25) is 10.0 Å². The molecule has 0 fully saturated rings. The van der Waals surface area contributed by atoms with Crippen molar-refractivity contribution in [3.8, 4) is 5.75 Å². The molecule has 0 bridgehead atoms. The molecule has 100 valence electrons. The summed E-state index contributed by atoms with van der Waals surface area (Å²) in [5.41, 5.74) is 0.265. The van der Waals surface area contributed by atoms with Crippen molar-refractivity contribution in [1.29, 1.82) is 0 Å². The molecule has 0 spiro atoms. The number of amides is 1. The van der Waals surface area contributed by atoms with Crippen LogP contribution in [0.25, 0.3) is 0 Å². The predicted octanol–water partition coefficient (Wildman–Crippen LogP) is 2.45. The van der Waals surface area contributed by atoms with Gasteiger partial charge in [-0.3, -0.25) is 14.3 Å². The number of rotatable bonds is 3. The van der Waals surface area contributed by atoms with Crippen molar-refractivity contribution in [2.75, 3.05) is 5.32 Å². The summed E-state index contributed by atoms with van der Waals surface area (Å²) in [4.78, 5) is 24.4. The van der Waals surface area contributed by atoms with Crippen LogP contribution in [-0.2, 0) is 0 Å². The van der Waals surface area contributed by atoms with Gasteiger partial charge in [0.1, 0.15) is 11.9 Å². The van der Waals surface area contributed by atoms with Gasteiger partial charge in [-0.1, -0.05) is 23.2 Å². The van der Waals surface area contributed by atoms with Crippen molar-refractivity contribution in [3.63, 3.8) is 0 Å². The molecule has 7 nitrogen and oxygen atoms in total. The lowest BCUT2D eigenvalue weighted by atomic mass is 10.3. The average molecular weight is 325 g/mol. The number of hydrogen-bond donors (Lipinski definition) is 2. The van der Waals surface area contributed by atoms with Crippen LogP contribution in [0.3, 0.4) is 0 Å². The summed E-state index contributed by atoms with van der Waals surface area (Å²) >= 11 is 16.8. The van der Waals surface area contributed by atoms with E-state index in [4.69, 9.17) is 35.1 Å². The normalized spacial score (nSPS) is 10.3. The first-order valence-electron chi connectivity index (χ1n) is 4.66. The van der Waals surface area contributed by atoms with Crippen LogP contribution < -0.4 is 15.4 Å². The number of nitrogens with one attached hydrogen (secondary N) is 2. The molecule has 10 heteroatoms. The van der Waals surface area contributed by atoms with Gasteiger partial charge in [-0.25, -0.2) is 4.79 Å². The Balaban J connectivity index is 2.24. The number of anilines is 1. The van der Waals surface area contributed by atoms with Crippen LogP contribution in [0, 0.1) is 0 Å². The number of aromatic nitrogens is 2. The molecule has 2 aromatic rings. The van der Waals surface area contributed by atoms with E-state index in [0.29, 0.717) is 0 Å². The van der Waals surface area contributed by atoms with Gasteiger partial charge < -0.3 is 9.61 Å². The van der Waals surface area contributed by atoms with Crippen LogP contribution in [-0.4, -0.2) is 16.0 Å². The molecule has 19 heavy (non-hydrogen) atoms. The van der Waals surface area contributed by atoms with E-state index in [-0.39, 0.29) is 27.3 Å². The van der Waals surface area contributed by atoms with Gasteiger partial charge in [-0.15, -0.1) is 0 Å². The summed E-state index contributed by atoms with van der Waals surface area (Å²) in [6.45, 7) is 0. The summed E-state index contributed by atoms with van der Waals surface area (Å²) in [6.07, 6.45) is 0. The third-order valence-electron chi connectivity index (χ3n) is 1.99. The number of halogens is 3. The van der Waals surface area contributed by atoms with E-state index >= 15 is 0 Å². The minimum absolute atomic E-state index is 0.0674. The van der Waals surface area contributed by atoms with Gasteiger partial charge >= 0.3 is 5.76 Å². The van der Waals surface area contributed by atoms with E-state index in [0.717, 1.165) is 0 Å². The van der Waals surface area contributed by atoms with E-state index in [1.165, 1.54) is 12.1 Å². The summed E-state index contributed by atoms with van der Waals surface area (Å²) in [5.74, 6) is -1.75. The first-order valence-corrected chi connectivity index (χ1v) is 5.72. The van der Waals surface area contributed by atoms with Crippen LogP contribution in [0.1, 0.15) is 10.6 Å². The van der Waals surface area contributed by atoms with E-state index in [2.05, 4.69) is 24.3 Å². The Kier molecular flexibility index (Phi) is 3.98. The minimum atomic E-state index is -0.841. The first-order chi connectivity index (χ1) is 9.01. The molecule has 2 rings (SSSR count). The number of nitrogens with zero attached hydrogens (tertiary/aromatic N) is 1. The van der Waals surface area contributed by atoms with Crippen molar-refractivity contribution in [2.45, 2.75) is 0 Å². The van der Waals surface area contributed by atoms with Crippen molar-refractivity contribution in [3.05, 3.63) is 38.6 Å². The quantitative estimate of drug-likeness (QED) is 0.904. The minimum Gasteiger partial charge on any atom is -0.382 e. The van der Waals surface area contributed by atoms with Crippen LogP contribution >= 0.6 is 35.1 Å². The highest BCUT2D eigenvalue weighted by Gasteiger charge is 2.15. The molecule has 0 radical (unpaired) electrons. The smallest absolute Gasteiger partial charge is 0.382 e. The van der Waals surface area contributed by atoms with Crippen LogP contribution in [0.15, 0.2) is 21.5 Å². The molecule has 1 amide bonds. The number of hydrogen-bond acceptors (Lipinski definition) is 5. The summed E-state index contributed by atoms with van der Waals surface area (Å²) in [7, 11) is 0. The molecule has 2 N–H and O–H groups in total. The Morgan fingerprint density at radius 2 is 2.00 bits per heavy atom. The molecule has 0 saturated heterocycles. The molecular formula is C9H4Cl3N3O4. The Labute approximate surface area is 120 Å². The van der Waals surface area contributed by atoms with E-state index in [1.54, 1.807) is 0 Å². The number of H-pyrrole nitrogens is 1. The van der Waals surface area contributed by atoms with Gasteiger partial charge in [0.25, 0.3) is 5.91 Å². The van der Waals surface area contributed by atoms with E-state index < -0.39 is 11.7 Å². The summed E-state index contributed by atoms with van der Waals surface area (Å²) in [5, 5.41) is 5.84. The highest BCUT2D eigenvalue weighted by atomic mass is 35.5. The molecule has 0 atom stereocenters. The Morgan fingerprint density at radius 3 is 2.47 bits per heavy atom. The predicted molar refractivity (Wildman–Crippen MR) is 68.0 cm³/mol. The number of carbonyl (C=O) groups excluding carboxylic acids is 1. The van der Waals surface area contributed by atoms with Gasteiger partial charge in [0.2, 0.25) is 5.82 Å². The van der Waals surface area contributed by atoms with Gasteiger partial charge in [0.05, 0.1) is 10.0 Å². The van der Waals surface area contributed by atoms with Crippen molar-refractivity contribution >= 4 is 46.7 Å². The number of aromatic amines is 1. The lowest BCUT2D eigenvalue weighted by Crippen LogP contribution is -2.14. The van der Waals surface area contributed by atoms with Crippen molar-refractivity contribution < 1.29 is 13.6 Å². The van der Waals surface area contributed by atoms with E-state index in [9.17, 15) is 9.59 Å². The lowest BCUT2D eigenvalue weighted by molar-refractivity contribution is 0.101. The fourth-order valence-electron chi connectivity index (χ4n) is 1.22. The van der Waals surface area contributed by atoms with E-state index in [1.807, 2.05) is 0 Å². The van der Waals surface area contributed by atoms with Gasteiger partial charge in [-0.05, 0) is 17.3 Å². The lowest BCUT2D eigenvalue weighted by Gasteiger charge is -2.07. The Morgan fingerprint density at radius 1 is 1.37 bits per heavy atom. The maximum Gasteiger partial charge on any atom is 0.439 e. The van der Waals surface area contributed by atoms with Crippen molar-refractivity contribution in [2.24, 2.45) is 0 Å². The van der Waals surface area contributed by atoms with Gasteiger partial charge in [-0.2, -0.15) is 0 Å². The topological polar surface area (TPSA) is 97.2 Å². The van der Waals surface area contributed by atoms with Gasteiger partial charge in [0, 0.05) is 5.69 Å². The molecule has 1 aromatic carbocycles. The molecule has 1 aromatic heterocycles. The summed E-state index contributed by atoms with van der Waals surface area (Å²) < 4.78 is 8.64. The fraction of sp³-hybridized carbons (Fsp3) is 0. The standard InChI is InChI=1S/C9H4Cl3N3O4/c10-4-1-3(2-5(11)6(4)18-12)13-8(16)7-14-9(17)19-15-7/h1-2H,(H,13,16)(H,14,15,17). The van der Waals surface area contributed by atoms with Gasteiger partial charge in [0.15, 0.2) is 5.75 Å². The highest BCUT2D eigenvalue weighted by molar-refractivity contribution is 6.38. The largest absolute Gasteiger partial charge is 0.439 e. The zero-order valence-corrected chi connectivity index (χ0v) is 11.1. The van der Waals surface area contributed by atoms with Crippen molar-refractivity contribution in [1.82, 2.24) is 10.1 Å². The molecule has 0 saturated carbocycles. The maximum atomic E-state index is 11.7. The SMILES string of the molecule is O=C(Nc1cc(Cl)c(OCl)c(Cl)c1)c1noc(=O)[nH]1. The molecule has 0 unspecified atom stereocenters. The third kappa shape index (κ3) is 3.01. The molecular weight excluding hydrogens is 320 g/mol. The maximum absolute atomic E-state index is 11.7. The zero-order valence-electron chi connectivity index (χ0n) is 8.87. The zero-order chi connectivity index (χ0) is 14.0. The third-order valence-corrected chi connectivity index (χ3v) is 2.70. The molecule has 0 aliphatic heterocycles. The molecule has 0 aliphatic carbocycles. The fourth-order valence-corrected chi connectivity index (χ4v) is 2.03. The molecule has 1 heterocycles. The Bertz CT molecular complexity index is 658. The second-order valence-electron chi connectivity index (χ2n) is 3.24. The van der Waals surface area contributed by atoms with Crippen LogP contribution in [0.5, 0.6) is 5.75 Å². The Hall–Kier alpha value is -1.70. The molecule has 0 aliphatic rings. The average Bonchev–Trinajstić information content (AvgIpc) is 2.75. The first kappa shape index (κ1) is 13.7. The second kappa shape index (κ2) is 5.52. The van der Waals surface area contributed by atoms with Crippen LogP contribution in [0.4, 0.5) is 5.69 Å². The second-order valence-corrected chi connectivity index (χ2v) is 4.21. The number of carbonyl (C=O) groups is 1. The highest BCUT2D eigenvalue weighted by Crippen LogP contribution is 2.36.